The number of nitrogens with zero attached hydrogens (tertiary/aromatic N) is 3. The highest BCUT2D eigenvalue weighted by molar-refractivity contribution is 7.02. The molecule has 5 heteroatoms. The number of furan rings is 1. The van der Waals surface area contributed by atoms with Gasteiger partial charge in [0, 0.05) is 44.8 Å². The van der Waals surface area contributed by atoms with Gasteiger partial charge in [-0.1, -0.05) is 81.4 Å². The first kappa shape index (κ1) is 21.2. The van der Waals surface area contributed by atoms with E-state index in [1.54, 1.807) is 0 Å². The summed E-state index contributed by atoms with van der Waals surface area (Å²) in [6.45, 7) is 6.44. The summed E-state index contributed by atoms with van der Waals surface area (Å²) in [5.41, 5.74) is 12.8. The van der Waals surface area contributed by atoms with Crippen molar-refractivity contribution in [3.63, 3.8) is 0 Å². The normalized spacial score (nSPS) is 15.6. The SMILES string of the molecule is [2H]c1c([2H])c([2H])c(N2c3cccc4c3B3c5c(cccc5-n5c3c2c2cc(C(C)(C)C)ccc25)N4c2cccc3oc4ccccc4c23)c([2H])c1[2H]. The predicted octanol–water partition coefficient (Wildman–Crippen LogP) is 9.22. The van der Waals surface area contributed by atoms with Crippen molar-refractivity contribution in [2.75, 3.05) is 9.80 Å². The van der Waals surface area contributed by atoms with Crippen LogP contribution in [0.3, 0.4) is 0 Å². The van der Waals surface area contributed by atoms with Crippen molar-refractivity contribution in [1.82, 2.24) is 4.57 Å². The molecule has 2 aromatic heterocycles. The molecule has 0 spiro atoms. The molecule has 0 N–H and O–H groups in total. The van der Waals surface area contributed by atoms with Crippen LogP contribution in [0, 0.1) is 0 Å². The summed E-state index contributed by atoms with van der Waals surface area (Å²) in [4.78, 5) is 4.29. The Hall–Kier alpha value is -5.68. The van der Waals surface area contributed by atoms with Crippen molar-refractivity contribution in [3.8, 4) is 5.69 Å². The zero-order valence-electron chi connectivity index (χ0n) is 31.1. The maximum Gasteiger partial charge on any atom is 0.275 e. The van der Waals surface area contributed by atoms with E-state index in [2.05, 4.69) is 84.8 Å². The highest BCUT2D eigenvalue weighted by atomic mass is 16.3. The molecule has 5 heterocycles. The molecule has 11 rings (SSSR count). The first-order valence-electron chi connectivity index (χ1n) is 18.6. The molecular weight excluding hydrogens is 573 g/mol. The van der Waals surface area contributed by atoms with Gasteiger partial charge in [0.1, 0.15) is 11.2 Å². The summed E-state index contributed by atoms with van der Waals surface area (Å²) >= 11 is 0. The van der Waals surface area contributed by atoms with Crippen molar-refractivity contribution < 1.29 is 11.3 Å². The van der Waals surface area contributed by atoms with E-state index >= 15 is 0 Å². The number of para-hydroxylation sites is 2. The van der Waals surface area contributed by atoms with E-state index < -0.39 is 6.04 Å². The molecule has 222 valence electrons. The second kappa shape index (κ2) is 8.57. The average molecular weight is 609 g/mol. The lowest BCUT2D eigenvalue weighted by molar-refractivity contribution is 0.591. The molecule has 0 amide bonds. The first-order chi connectivity index (χ1) is 25.1. The van der Waals surface area contributed by atoms with Crippen molar-refractivity contribution in [1.29, 1.82) is 0 Å². The van der Waals surface area contributed by atoms with Crippen molar-refractivity contribution in [2.24, 2.45) is 0 Å². The zero-order valence-corrected chi connectivity index (χ0v) is 26.1. The van der Waals surface area contributed by atoms with Crippen LogP contribution in [0.1, 0.15) is 33.2 Å². The Morgan fingerprint density at radius 1 is 0.638 bits per heavy atom. The van der Waals surface area contributed by atoms with E-state index in [9.17, 15) is 2.74 Å². The van der Waals surface area contributed by atoms with Crippen LogP contribution in [0.5, 0.6) is 0 Å². The lowest BCUT2D eigenvalue weighted by atomic mass is 9.36. The molecule has 0 saturated carbocycles. The summed E-state index contributed by atoms with van der Waals surface area (Å²) in [6.07, 6.45) is 0. The Labute approximate surface area is 280 Å². The zero-order chi connectivity index (χ0) is 35.5. The van der Waals surface area contributed by atoms with E-state index in [0.717, 1.165) is 83.6 Å². The molecule has 6 aromatic carbocycles. The molecule has 0 radical (unpaired) electrons. The van der Waals surface area contributed by atoms with Gasteiger partial charge in [-0.2, -0.15) is 0 Å². The predicted molar refractivity (Wildman–Crippen MR) is 197 cm³/mol. The molecule has 47 heavy (non-hydrogen) atoms. The highest BCUT2D eigenvalue weighted by Crippen LogP contribution is 2.51. The van der Waals surface area contributed by atoms with Crippen LogP contribution in [-0.4, -0.2) is 11.3 Å². The average Bonchev–Trinajstić information content (AvgIpc) is 3.81. The van der Waals surface area contributed by atoms with Crippen LogP contribution in [0.25, 0.3) is 38.5 Å². The number of aromatic nitrogens is 1. The molecule has 4 nitrogen and oxygen atoms in total. The van der Waals surface area contributed by atoms with Gasteiger partial charge < -0.3 is 18.8 Å². The Bertz CT molecular complexity index is 2910. The quantitative estimate of drug-likeness (QED) is 0.183. The van der Waals surface area contributed by atoms with E-state index in [-0.39, 0.29) is 42.0 Å². The largest absolute Gasteiger partial charge is 0.456 e. The van der Waals surface area contributed by atoms with Gasteiger partial charge in [0.15, 0.2) is 0 Å². The molecule has 0 bridgehead atoms. The monoisotopic (exact) mass is 608 g/mol. The number of hydrogen-bond acceptors (Lipinski definition) is 3. The van der Waals surface area contributed by atoms with Crippen molar-refractivity contribution in [3.05, 3.63) is 133 Å². The maximum atomic E-state index is 9.25. The maximum absolute atomic E-state index is 9.25. The molecule has 8 aromatic rings. The van der Waals surface area contributed by atoms with Gasteiger partial charge in [0.25, 0.3) is 6.71 Å². The number of benzene rings is 6. The number of rotatable bonds is 2. The summed E-state index contributed by atoms with van der Waals surface area (Å²) in [6, 6.07) is 32.0. The molecule has 0 atom stereocenters. The number of fused-ring (bicyclic) bond motifs is 7. The van der Waals surface area contributed by atoms with Crippen molar-refractivity contribution in [2.45, 2.75) is 26.2 Å². The first-order valence-corrected chi connectivity index (χ1v) is 16.1. The third-order valence-electron chi connectivity index (χ3n) is 10.3. The smallest absolute Gasteiger partial charge is 0.275 e. The fourth-order valence-corrected chi connectivity index (χ4v) is 8.43. The minimum Gasteiger partial charge on any atom is -0.456 e. The lowest BCUT2D eigenvalue weighted by Gasteiger charge is -2.41. The van der Waals surface area contributed by atoms with Gasteiger partial charge in [-0.15, -0.1) is 0 Å². The minimum absolute atomic E-state index is 0.136. The third-order valence-corrected chi connectivity index (χ3v) is 10.3. The van der Waals surface area contributed by atoms with Gasteiger partial charge in [-0.25, -0.2) is 0 Å². The van der Waals surface area contributed by atoms with Crippen LogP contribution < -0.4 is 26.3 Å². The van der Waals surface area contributed by atoms with E-state index in [4.69, 9.17) is 8.53 Å². The molecule has 0 saturated heterocycles. The molecule has 3 aliphatic rings. The van der Waals surface area contributed by atoms with Crippen LogP contribution in [-0.2, 0) is 5.41 Å². The van der Waals surface area contributed by atoms with Crippen molar-refractivity contribution >= 4 is 90.2 Å². The Morgan fingerprint density at radius 2 is 1.30 bits per heavy atom. The minimum atomic E-state index is -0.408. The highest BCUT2D eigenvalue weighted by Gasteiger charge is 2.51. The summed E-state index contributed by atoms with van der Waals surface area (Å²) in [5, 5.41) is 3.03. The standard InChI is InChI=1S/C42H30BN3O/c1-42(2,3)25-22-23-29-28(24-25)40-41-43-38-31(44(40)26-12-5-4-6-13-26)16-9-17-32(38)45(33-18-10-19-34(39(33)43)46(29)41)30-15-11-21-36-37(30)27-14-7-8-20-35(27)47-36/h4-24H,1-3H3/i4D,5D,6D,12D,13D. The molecule has 0 fully saturated rings. The number of anilines is 6. The van der Waals surface area contributed by atoms with E-state index in [1.807, 2.05) is 47.4 Å². The second-order valence-electron chi connectivity index (χ2n) is 13.8. The van der Waals surface area contributed by atoms with Gasteiger partial charge in [0.05, 0.1) is 29.1 Å². The van der Waals surface area contributed by atoms with Gasteiger partial charge in [-0.3, -0.25) is 0 Å². The van der Waals surface area contributed by atoms with Crippen LogP contribution in [0.2, 0.25) is 0 Å². The Morgan fingerprint density at radius 3 is 2.09 bits per heavy atom. The summed E-state index contributed by atoms with van der Waals surface area (Å²) in [7, 11) is 0. The Kier molecular flexibility index (Phi) is 3.86. The lowest BCUT2D eigenvalue weighted by Crippen LogP contribution is -2.59. The number of hydrogen-bond donors (Lipinski definition) is 0. The molecule has 0 unspecified atom stereocenters. The van der Waals surface area contributed by atoms with Gasteiger partial charge >= 0.3 is 0 Å². The second-order valence-corrected chi connectivity index (χ2v) is 13.8. The molecule has 3 aliphatic heterocycles. The fraction of sp³-hybridized carbons (Fsp3) is 0.0952. The van der Waals surface area contributed by atoms with E-state index in [0.29, 0.717) is 0 Å². The van der Waals surface area contributed by atoms with Crippen LogP contribution in [0.15, 0.2) is 132 Å². The van der Waals surface area contributed by atoms with E-state index in [1.165, 1.54) is 5.46 Å². The molecular formula is C42H30BN3O. The van der Waals surface area contributed by atoms with Crippen LogP contribution in [0.4, 0.5) is 34.1 Å². The third kappa shape index (κ3) is 3.10. The van der Waals surface area contributed by atoms with Gasteiger partial charge in [0.2, 0.25) is 0 Å². The fourth-order valence-electron chi connectivity index (χ4n) is 8.43. The van der Waals surface area contributed by atoms with Gasteiger partial charge in [-0.05, 0) is 88.6 Å². The summed E-state index contributed by atoms with van der Waals surface area (Å²) < 4.78 is 53.1. The Balaban J connectivity index is 1.32. The summed E-state index contributed by atoms with van der Waals surface area (Å²) in [5.74, 6) is 0. The molecule has 0 aliphatic carbocycles. The topological polar surface area (TPSA) is 24.6 Å². The van der Waals surface area contributed by atoms with Crippen LogP contribution >= 0.6 is 0 Å².